The van der Waals surface area contributed by atoms with Gasteiger partial charge >= 0.3 is 0 Å². The summed E-state index contributed by atoms with van der Waals surface area (Å²) >= 11 is 11.4. The SMILES string of the molecule is S=c1[nH]nc(-c2cccc(Cl)c2)n1N=Cc1cccc(Oc2ccccc2)c1. The lowest BCUT2D eigenvalue weighted by atomic mass is 10.2. The number of hydrogen-bond donors (Lipinski definition) is 1. The average molecular weight is 407 g/mol. The molecule has 0 atom stereocenters. The summed E-state index contributed by atoms with van der Waals surface area (Å²) in [5.74, 6) is 2.08. The van der Waals surface area contributed by atoms with Gasteiger partial charge in [0, 0.05) is 10.6 Å². The van der Waals surface area contributed by atoms with Gasteiger partial charge in [-0.15, -0.1) is 0 Å². The molecule has 4 aromatic rings. The van der Waals surface area contributed by atoms with Crippen LogP contribution in [0.15, 0.2) is 84.0 Å². The summed E-state index contributed by atoms with van der Waals surface area (Å²) in [6, 6.07) is 24.6. The number of H-pyrrole nitrogens is 1. The molecule has 0 aliphatic rings. The zero-order valence-electron chi connectivity index (χ0n) is 14.6. The van der Waals surface area contributed by atoms with E-state index < -0.39 is 0 Å². The van der Waals surface area contributed by atoms with Crippen LogP contribution in [0.1, 0.15) is 5.56 Å². The zero-order valence-corrected chi connectivity index (χ0v) is 16.2. The largest absolute Gasteiger partial charge is 0.457 e. The molecule has 5 nitrogen and oxygen atoms in total. The van der Waals surface area contributed by atoms with E-state index >= 15 is 0 Å². The maximum atomic E-state index is 6.09. The number of benzene rings is 3. The summed E-state index contributed by atoms with van der Waals surface area (Å²) < 4.78 is 7.82. The molecule has 0 saturated carbocycles. The quantitative estimate of drug-likeness (QED) is 0.330. The van der Waals surface area contributed by atoms with Crippen molar-refractivity contribution in [2.24, 2.45) is 5.10 Å². The Bertz CT molecular complexity index is 1180. The molecule has 1 aromatic heterocycles. The highest BCUT2D eigenvalue weighted by molar-refractivity contribution is 7.71. The lowest BCUT2D eigenvalue weighted by molar-refractivity contribution is 0.482. The van der Waals surface area contributed by atoms with Gasteiger partial charge in [-0.25, -0.2) is 5.10 Å². The van der Waals surface area contributed by atoms with E-state index in [0.29, 0.717) is 15.6 Å². The molecule has 0 aliphatic carbocycles. The van der Waals surface area contributed by atoms with E-state index in [9.17, 15) is 0 Å². The van der Waals surface area contributed by atoms with Crippen LogP contribution in [0.4, 0.5) is 0 Å². The van der Waals surface area contributed by atoms with Crippen LogP contribution in [0.25, 0.3) is 11.4 Å². The first-order chi connectivity index (χ1) is 13.7. The smallest absolute Gasteiger partial charge is 0.216 e. The Kier molecular flexibility index (Phi) is 5.32. The van der Waals surface area contributed by atoms with Crippen molar-refractivity contribution < 1.29 is 4.74 Å². The first kappa shape index (κ1) is 18.2. The molecule has 28 heavy (non-hydrogen) atoms. The van der Waals surface area contributed by atoms with Crippen LogP contribution in [-0.4, -0.2) is 21.1 Å². The summed E-state index contributed by atoms with van der Waals surface area (Å²) in [4.78, 5) is 0. The Morgan fingerprint density at radius 2 is 1.75 bits per heavy atom. The van der Waals surface area contributed by atoms with Crippen molar-refractivity contribution in [1.82, 2.24) is 14.9 Å². The Balaban J connectivity index is 1.61. The topological polar surface area (TPSA) is 55.2 Å². The van der Waals surface area contributed by atoms with E-state index in [1.807, 2.05) is 72.8 Å². The molecular formula is C21H15ClN4OS. The normalized spacial score (nSPS) is 11.0. The van der Waals surface area contributed by atoms with Gasteiger partial charge in [0.1, 0.15) is 11.5 Å². The van der Waals surface area contributed by atoms with Crippen LogP contribution < -0.4 is 4.74 Å². The van der Waals surface area contributed by atoms with E-state index in [4.69, 9.17) is 28.6 Å². The van der Waals surface area contributed by atoms with E-state index in [0.717, 1.165) is 22.6 Å². The molecule has 0 fully saturated rings. The van der Waals surface area contributed by atoms with Crippen molar-refractivity contribution >= 4 is 30.0 Å². The van der Waals surface area contributed by atoms with Gasteiger partial charge < -0.3 is 4.74 Å². The minimum atomic E-state index is 0.392. The van der Waals surface area contributed by atoms with Crippen molar-refractivity contribution in [1.29, 1.82) is 0 Å². The maximum Gasteiger partial charge on any atom is 0.216 e. The summed E-state index contributed by atoms with van der Waals surface area (Å²) in [7, 11) is 0. The Morgan fingerprint density at radius 3 is 2.57 bits per heavy atom. The lowest BCUT2D eigenvalue weighted by Gasteiger charge is -2.06. The number of rotatable bonds is 5. The molecule has 0 bridgehead atoms. The lowest BCUT2D eigenvalue weighted by Crippen LogP contribution is -1.95. The molecule has 0 aliphatic heterocycles. The van der Waals surface area contributed by atoms with E-state index in [1.165, 1.54) is 0 Å². The Hall–Kier alpha value is -3.22. The summed E-state index contributed by atoms with van der Waals surface area (Å²) in [6.07, 6.45) is 1.71. The molecule has 1 N–H and O–H groups in total. The van der Waals surface area contributed by atoms with Crippen LogP contribution in [-0.2, 0) is 0 Å². The number of nitrogens with one attached hydrogen (secondary N) is 1. The molecule has 3 aromatic carbocycles. The van der Waals surface area contributed by atoms with Crippen molar-refractivity contribution in [2.45, 2.75) is 0 Å². The predicted molar refractivity (Wildman–Crippen MR) is 114 cm³/mol. The standard InChI is InChI=1S/C21H15ClN4OS/c22-17-8-5-7-16(13-17)20-24-25-21(28)26(20)23-14-15-6-4-11-19(12-15)27-18-9-2-1-3-10-18/h1-14H,(H,25,28). The fourth-order valence-corrected chi connectivity index (χ4v) is 2.99. The zero-order chi connectivity index (χ0) is 19.3. The molecule has 7 heteroatoms. The average Bonchev–Trinajstić information content (AvgIpc) is 3.08. The number of aromatic amines is 1. The van der Waals surface area contributed by atoms with Crippen LogP contribution in [0.2, 0.25) is 5.02 Å². The molecular weight excluding hydrogens is 392 g/mol. The van der Waals surface area contributed by atoms with Crippen molar-refractivity contribution in [3.05, 3.63) is 94.2 Å². The summed E-state index contributed by atoms with van der Waals surface area (Å²) in [5, 5.41) is 12.1. The summed E-state index contributed by atoms with van der Waals surface area (Å²) in [6.45, 7) is 0. The van der Waals surface area contributed by atoms with Gasteiger partial charge in [-0.2, -0.15) is 14.9 Å². The molecule has 1 heterocycles. The number of aromatic nitrogens is 3. The molecule has 0 radical (unpaired) electrons. The minimum Gasteiger partial charge on any atom is -0.457 e. The van der Waals surface area contributed by atoms with Gasteiger partial charge in [0.25, 0.3) is 0 Å². The van der Waals surface area contributed by atoms with Gasteiger partial charge in [0.05, 0.1) is 6.21 Å². The second-order valence-electron chi connectivity index (χ2n) is 5.91. The molecule has 0 spiro atoms. The van der Waals surface area contributed by atoms with Crippen LogP contribution >= 0.6 is 23.8 Å². The van der Waals surface area contributed by atoms with Crippen LogP contribution in [0, 0.1) is 4.77 Å². The number of para-hydroxylation sites is 1. The first-order valence-electron chi connectivity index (χ1n) is 8.50. The van der Waals surface area contributed by atoms with Crippen molar-refractivity contribution in [3.8, 4) is 22.9 Å². The number of halogens is 1. The fourth-order valence-electron chi connectivity index (χ4n) is 2.62. The van der Waals surface area contributed by atoms with Gasteiger partial charge in [-0.1, -0.05) is 54.1 Å². The Labute approximate surface area is 171 Å². The van der Waals surface area contributed by atoms with E-state index in [1.54, 1.807) is 17.0 Å². The third-order valence-electron chi connectivity index (χ3n) is 3.89. The molecule has 0 unspecified atom stereocenters. The van der Waals surface area contributed by atoms with Gasteiger partial charge in [0.2, 0.25) is 4.77 Å². The van der Waals surface area contributed by atoms with Crippen LogP contribution in [0.5, 0.6) is 11.5 Å². The van der Waals surface area contributed by atoms with Crippen molar-refractivity contribution in [3.63, 3.8) is 0 Å². The minimum absolute atomic E-state index is 0.392. The van der Waals surface area contributed by atoms with Gasteiger partial charge in [-0.3, -0.25) is 0 Å². The number of ether oxygens (including phenoxy) is 1. The first-order valence-corrected chi connectivity index (χ1v) is 9.28. The molecule has 0 saturated heterocycles. The van der Waals surface area contributed by atoms with Crippen molar-refractivity contribution in [2.75, 3.05) is 0 Å². The Morgan fingerprint density at radius 1 is 0.964 bits per heavy atom. The monoisotopic (exact) mass is 406 g/mol. The van der Waals surface area contributed by atoms with Gasteiger partial charge in [-0.05, 0) is 54.2 Å². The highest BCUT2D eigenvalue weighted by atomic mass is 35.5. The highest BCUT2D eigenvalue weighted by Gasteiger charge is 2.08. The predicted octanol–water partition coefficient (Wildman–Crippen LogP) is 5.94. The second-order valence-corrected chi connectivity index (χ2v) is 6.73. The van der Waals surface area contributed by atoms with E-state index in [-0.39, 0.29) is 0 Å². The second kappa shape index (κ2) is 8.21. The summed E-state index contributed by atoms with van der Waals surface area (Å²) in [5.41, 5.74) is 1.69. The molecule has 4 rings (SSSR count). The molecule has 0 amide bonds. The maximum absolute atomic E-state index is 6.09. The third kappa shape index (κ3) is 4.19. The third-order valence-corrected chi connectivity index (χ3v) is 4.39. The number of hydrogen-bond acceptors (Lipinski definition) is 4. The number of nitrogens with zero attached hydrogens (tertiary/aromatic N) is 3. The molecule has 138 valence electrons. The van der Waals surface area contributed by atoms with E-state index in [2.05, 4.69) is 15.3 Å². The van der Waals surface area contributed by atoms with Crippen LogP contribution in [0.3, 0.4) is 0 Å². The highest BCUT2D eigenvalue weighted by Crippen LogP contribution is 2.22. The van der Waals surface area contributed by atoms with Gasteiger partial charge in [0.15, 0.2) is 5.82 Å². The fraction of sp³-hybridized carbons (Fsp3) is 0.